The predicted octanol–water partition coefficient (Wildman–Crippen LogP) is 5.73. The van der Waals surface area contributed by atoms with Crippen LogP contribution in [0, 0.1) is 0 Å². The summed E-state index contributed by atoms with van der Waals surface area (Å²) in [5.41, 5.74) is 2.10. The minimum atomic E-state index is -0.854. The number of carbonyl (C=O) groups excluding carboxylic acids is 2. The fraction of sp³-hybridized carbons (Fsp3) is 0.179. The lowest BCUT2D eigenvalue weighted by molar-refractivity contribution is -0.135. The number of fused-ring (bicyclic) bond motifs is 1. The van der Waals surface area contributed by atoms with Crippen LogP contribution >= 0.6 is 11.6 Å². The lowest BCUT2D eigenvalue weighted by Gasteiger charge is -2.11. The molecule has 0 unspecified atom stereocenters. The van der Waals surface area contributed by atoms with E-state index in [4.69, 9.17) is 25.9 Å². The van der Waals surface area contributed by atoms with E-state index < -0.39 is 17.5 Å². The molecule has 8 heteroatoms. The maximum atomic E-state index is 13.8. The van der Waals surface area contributed by atoms with Gasteiger partial charge in [0, 0.05) is 23.0 Å². The minimum Gasteiger partial charge on any atom is -0.487 e. The number of oxime groups is 1. The Morgan fingerprint density at radius 1 is 0.917 bits per heavy atom. The molecule has 0 radical (unpaired) electrons. The van der Waals surface area contributed by atoms with Crippen LogP contribution < -0.4 is 4.74 Å². The Morgan fingerprint density at radius 2 is 1.61 bits per heavy atom. The Labute approximate surface area is 213 Å². The van der Waals surface area contributed by atoms with E-state index in [1.54, 1.807) is 31.2 Å². The lowest BCUT2D eigenvalue weighted by atomic mass is 10.0. The zero-order chi connectivity index (χ0) is 25.5. The van der Waals surface area contributed by atoms with Gasteiger partial charge in [-0.3, -0.25) is 4.79 Å². The van der Waals surface area contributed by atoms with Gasteiger partial charge in [0.1, 0.15) is 19.0 Å². The molecule has 0 amide bonds. The van der Waals surface area contributed by atoms with Crippen molar-refractivity contribution in [2.24, 2.45) is 12.2 Å². The first-order chi connectivity index (χ1) is 17.5. The number of para-hydroxylation sites is 1. The third-order valence-corrected chi connectivity index (χ3v) is 5.81. The topological polar surface area (TPSA) is 79.1 Å². The molecular weight excluding hydrogens is 480 g/mol. The van der Waals surface area contributed by atoms with Crippen molar-refractivity contribution in [2.45, 2.75) is 20.1 Å². The van der Waals surface area contributed by atoms with Crippen molar-refractivity contribution in [1.82, 2.24) is 4.57 Å². The van der Waals surface area contributed by atoms with Gasteiger partial charge < -0.3 is 18.9 Å². The van der Waals surface area contributed by atoms with Crippen molar-refractivity contribution in [1.29, 1.82) is 0 Å². The van der Waals surface area contributed by atoms with E-state index >= 15 is 0 Å². The second-order valence-corrected chi connectivity index (χ2v) is 8.33. The molecule has 0 atom stereocenters. The Hall–Kier alpha value is -4.10. The SMILES string of the molecule is CCOC(=O)/C(=N\OCc1ccccc1)C(=O)c1c(COc2ccc(Cl)cc2)n(C)c2ccccc12. The average Bonchev–Trinajstić information content (AvgIpc) is 3.18. The highest BCUT2D eigenvalue weighted by Crippen LogP contribution is 2.28. The van der Waals surface area contributed by atoms with Crippen LogP contribution in [0.15, 0.2) is 84.0 Å². The Morgan fingerprint density at radius 3 is 2.33 bits per heavy atom. The molecule has 0 aliphatic heterocycles. The normalized spacial score (nSPS) is 11.4. The number of esters is 1. The van der Waals surface area contributed by atoms with Gasteiger partial charge in [-0.05, 0) is 42.8 Å². The third kappa shape index (κ3) is 5.58. The largest absolute Gasteiger partial charge is 0.487 e. The number of ketones is 1. The van der Waals surface area contributed by atoms with Crippen LogP contribution in [0.25, 0.3) is 10.9 Å². The van der Waals surface area contributed by atoms with Crippen LogP contribution in [-0.2, 0) is 34.6 Å². The molecule has 184 valence electrons. The summed E-state index contributed by atoms with van der Waals surface area (Å²) >= 11 is 5.97. The minimum absolute atomic E-state index is 0.0782. The number of benzene rings is 3. The van der Waals surface area contributed by atoms with Gasteiger partial charge in [0.05, 0.1) is 17.9 Å². The van der Waals surface area contributed by atoms with Crippen LogP contribution in [0.1, 0.15) is 28.5 Å². The molecule has 0 saturated heterocycles. The highest BCUT2D eigenvalue weighted by Gasteiger charge is 2.30. The van der Waals surface area contributed by atoms with Crippen LogP contribution in [0.4, 0.5) is 0 Å². The van der Waals surface area contributed by atoms with Gasteiger partial charge in [-0.1, -0.05) is 65.3 Å². The number of halogens is 1. The number of Topliss-reactive ketones (excluding diaryl/α,β-unsaturated/α-hetero) is 1. The van der Waals surface area contributed by atoms with E-state index in [-0.39, 0.29) is 19.8 Å². The van der Waals surface area contributed by atoms with E-state index in [0.717, 1.165) is 11.1 Å². The molecule has 0 aliphatic rings. The number of rotatable bonds is 10. The number of hydrogen-bond donors (Lipinski definition) is 0. The highest BCUT2D eigenvalue weighted by atomic mass is 35.5. The molecular formula is C28H25ClN2O5. The van der Waals surface area contributed by atoms with Crippen molar-refractivity contribution in [3.63, 3.8) is 0 Å². The molecule has 4 rings (SSSR count). The molecule has 3 aromatic carbocycles. The summed E-state index contributed by atoms with van der Waals surface area (Å²) < 4.78 is 13.0. The number of ether oxygens (including phenoxy) is 2. The van der Waals surface area contributed by atoms with E-state index in [2.05, 4.69) is 5.16 Å². The predicted molar refractivity (Wildman–Crippen MR) is 138 cm³/mol. The van der Waals surface area contributed by atoms with Crippen molar-refractivity contribution < 1.29 is 23.9 Å². The maximum Gasteiger partial charge on any atom is 0.364 e. The zero-order valence-electron chi connectivity index (χ0n) is 19.9. The van der Waals surface area contributed by atoms with Crippen LogP contribution in [0.2, 0.25) is 5.02 Å². The maximum absolute atomic E-state index is 13.8. The smallest absolute Gasteiger partial charge is 0.364 e. The third-order valence-electron chi connectivity index (χ3n) is 5.56. The van der Waals surface area contributed by atoms with Gasteiger partial charge in [0.2, 0.25) is 11.5 Å². The summed E-state index contributed by atoms with van der Waals surface area (Å²) in [7, 11) is 1.84. The van der Waals surface area contributed by atoms with Crippen molar-refractivity contribution in [3.8, 4) is 5.75 Å². The van der Waals surface area contributed by atoms with Crippen LogP contribution in [0.5, 0.6) is 5.75 Å². The van der Waals surface area contributed by atoms with Crippen molar-refractivity contribution >= 4 is 40.0 Å². The van der Waals surface area contributed by atoms with Crippen molar-refractivity contribution in [3.05, 3.63) is 101 Å². The van der Waals surface area contributed by atoms with Gasteiger partial charge in [-0.15, -0.1) is 0 Å². The fourth-order valence-electron chi connectivity index (χ4n) is 3.79. The quantitative estimate of drug-likeness (QED) is 0.0905. The Bertz CT molecular complexity index is 1390. The average molecular weight is 505 g/mol. The molecule has 1 heterocycles. The van der Waals surface area contributed by atoms with Crippen LogP contribution in [-0.4, -0.2) is 28.6 Å². The summed E-state index contributed by atoms with van der Waals surface area (Å²) in [5.74, 6) is -0.866. The Balaban J connectivity index is 1.70. The van der Waals surface area contributed by atoms with E-state index in [1.165, 1.54) is 0 Å². The fourth-order valence-corrected chi connectivity index (χ4v) is 3.91. The van der Waals surface area contributed by atoms with E-state index in [9.17, 15) is 9.59 Å². The summed E-state index contributed by atoms with van der Waals surface area (Å²) in [6.07, 6.45) is 0. The second-order valence-electron chi connectivity index (χ2n) is 7.89. The molecule has 1 aromatic heterocycles. The monoisotopic (exact) mass is 504 g/mol. The molecule has 4 aromatic rings. The summed E-state index contributed by atoms with van der Waals surface area (Å²) in [4.78, 5) is 32.0. The number of carbonyl (C=O) groups is 2. The van der Waals surface area contributed by atoms with Gasteiger partial charge >= 0.3 is 5.97 Å². The molecule has 0 spiro atoms. The van der Waals surface area contributed by atoms with Gasteiger partial charge in [0.25, 0.3) is 0 Å². The van der Waals surface area contributed by atoms with Gasteiger partial charge in [-0.2, -0.15) is 0 Å². The summed E-state index contributed by atoms with van der Waals surface area (Å²) in [5, 5.41) is 5.18. The first-order valence-electron chi connectivity index (χ1n) is 11.4. The zero-order valence-corrected chi connectivity index (χ0v) is 20.7. The van der Waals surface area contributed by atoms with Gasteiger partial charge in [-0.25, -0.2) is 4.79 Å². The summed E-state index contributed by atoms with van der Waals surface area (Å²) in [6.45, 7) is 1.92. The van der Waals surface area contributed by atoms with E-state index in [1.807, 2.05) is 66.2 Å². The van der Waals surface area contributed by atoms with Gasteiger partial charge in [0.15, 0.2) is 0 Å². The highest BCUT2D eigenvalue weighted by molar-refractivity contribution is 6.68. The Kier molecular flexibility index (Phi) is 8.02. The first-order valence-corrected chi connectivity index (χ1v) is 11.8. The molecule has 0 fully saturated rings. The molecule has 0 aliphatic carbocycles. The van der Waals surface area contributed by atoms with Crippen molar-refractivity contribution in [2.75, 3.05) is 6.61 Å². The lowest BCUT2D eigenvalue weighted by Crippen LogP contribution is -2.28. The molecule has 0 saturated carbocycles. The molecule has 36 heavy (non-hydrogen) atoms. The number of aryl methyl sites for hydroxylation is 1. The molecule has 0 bridgehead atoms. The summed E-state index contributed by atoms with van der Waals surface area (Å²) in [6, 6.07) is 23.7. The van der Waals surface area contributed by atoms with E-state index in [0.29, 0.717) is 27.4 Å². The standard InChI is InChI=1S/C28H25ClN2O5/c1-3-34-28(33)26(30-36-17-19-9-5-4-6-10-19)27(32)25-22-11-7-8-12-23(22)31(2)24(25)18-35-21-15-13-20(29)14-16-21/h4-16H,3,17-18H2,1-2H3/b30-26-. The molecule has 0 N–H and O–H groups in total. The molecule has 7 nitrogen and oxygen atoms in total. The number of nitrogens with zero attached hydrogens (tertiary/aromatic N) is 2. The number of aromatic nitrogens is 1. The second kappa shape index (κ2) is 11.6. The van der Waals surface area contributed by atoms with Crippen LogP contribution in [0.3, 0.4) is 0 Å². The number of hydrogen-bond acceptors (Lipinski definition) is 6. The first kappa shape index (κ1) is 25.0.